The number of carbonyl (C=O) groups is 1. The van der Waals surface area contributed by atoms with Crippen LogP contribution in [0.2, 0.25) is 0 Å². The molecule has 26 heavy (non-hydrogen) atoms. The van der Waals surface area contributed by atoms with Crippen molar-refractivity contribution in [1.29, 1.82) is 0 Å². The standard InChI is InChI=1S/C20H28N4O2/c1-7-26-20(25)23-17-8-9-18(24-19(17)21)22-10-16-14(5)12(3)11(2)13(4)15(16)6/h8-9H,7,10H2,1-6H3,(H,23,25)(H3,21,22,24). The summed E-state index contributed by atoms with van der Waals surface area (Å²) >= 11 is 0. The molecule has 0 spiro atoms. The van der Waals surface area contributed by atoms with Gasteiger partial charge in [-0.1, -0.05) is 0 Å². The van der Waals surface area contributed by atoms with Crippen molar-refractivity contribution in [1.82, 2.24) is 4.98 Å². The van der Waals surface area contributed by atoms with E-state index >= 15 is 0 Å². The molecule has 2 aromatic rings. The zero-order valence-electron chi connectivity index (χ0n) is 16.4. The second-order valence-corrected chi connectivity index (χ2v) is 6.43. The van der Waals surface area contributed by atoms with Crippen molar-refractivity contribution < 1.29 is 9.53 Å². The minimum atomic E-state index is -0.543. The van der Waals surface area contributed by atoms with Crippen LogP contribution in [0.4, 0.5) is 22.1 Å². The number of hydrogen-bond donors (Lipinski definition) is 3. The van der Waals surface area contributed by atoms with Crippen molar-refractivity contribution in [3.8, 4) is 0 Å². The van der Waals surface area contributed by atoms with Gasteiger partial charge in [-0.25, -0.2) is 9.78 Å². The molecule has 1 heterocycles. The highest BCUT2D eigenvalue weighted by Gasteiger charge is 2.13. The lowest BCUT2D eigenvalue weighted by Crippen LogP contribution is -2.15. The van der Waals surface area contributed by atoms with Gasteiger partial charge in [0.05, 0.1) is 12.3 Å². The largest absolute Gasteiger partial charge is 0.450 e. The van der Waals surface area contributed by atoms with Crippen molar-refractivity contribution in [2.24, 2.45) is 0 Å². The van der Waals surface area contributed by atoms with Crippen molar-refractivity contribution in [2.45, 2.75) is 48.1 Å². The first kappa shape index (κ1) is 19.6. The number of pyridine rings is 1. The van der Waals surface area contributed by atoms with Gasteiger partial charge < -0.3 is 15.8 Å². The number of nitrogens with two attached hydrogens (primary N) is 1. The van der Waals surface area contributed by atoms with Crippen LogP contribution in [-0.4, -0.2) is 17.7 Å². The first-order valence-electron chi connectivity index (χ1n) is 8.76. The summed E-state index contributed by atoms with van der Waals surface area (Å²) in [6, 6.07) is 3.50. The summed E-state index contributed by atoms with van der Waals surface area (Å²) in [4.78, 5) is 15.8. The maximum atomic E-state index is 11.5. The molecule has 0 aliphatic rings. The molecule has 0 aliphatic heterocycles. The fourth-order valence-corrected chi connectivity index (χ4v) is 2.98. The molecule has 1 aromatic heterocycles. The lowest BCUT2D eigenvalue weighted by molar-refractivity contribution is 0.168. The Bertz CT molecular complexity index is 802. The highest BCUT2D eigenvalue weighted by Crippen LogP contribution is 2.27. The molecular weight excluding hydrogens is 328 g/mol. The number of aromatic nitrogens is 1. The number of nitrogens with one attached hydrogen (secondary N) is 2. The van der Waals surface area contributed by atoms with E-state index in [1.54, 1.807) is 19.1 Å². The second kappa shape index (κ2) is 8.08. The molecule has 4 N–H and O–H groups in total. The fourth-order valence-electron chi connectivity index (χ4n) is 2.98. The van der Waals surface area contributed by atoms with Crippen LogP contribution in [0.3, 0.4) is 0 Å². The molecule has 0 saturated carbocycles. The molecule has 0 aliphatic carbocycles. The highest BCUT2D eigenvalue weighted by molar-refractivity contribution is 5.88. The molecule has 2 rings (SSSR count). The number of ether oxygens (including phenoxy) is 1. The SMILES string of the molecule is CCOC(=O)Nc1ccc(NCc2c(C)c(C)c(C)c(C)c2C)nc1N. The predicted molar refractivity (Wildman–Crippen MR) is 107 cm³/mol. The monoisotopic (exact) mass is 356 g/mol. The third kappa shape index (κ3) is 4.07. The minimum Gasteiger partial charge on any atom is -0.450 e. The molecule has 140 valence electrons. The Labute approximate surface area is 155 Å². The van der Waals surface area contributed by atoms with E-state index in [0.29, 0.717) is 24.7 Å². The Hall–Kier alpha value is -2.76. The number of rotatable bonds is 5. The molecule has 1 aromatic carbocycles. The molecule has 0 atom stereocenters. The Morgan fingerprint density at radius 1 is 1.04 bits per heavy atom. The van der Waals surface area contributed by atoms with Gasteiger partial charge in [0.1, 0.15) is 11.6 Å². The summed E-state index contributed by atoms with van der Waals surface area (Å²) in [7, 11) is 0. The van der Waals surface area contributed by atoms with Crippen LogP contribution < -0.4 is 16.4 Å². The van der Waals surface area contributed by atoms with E-state index in [1.165, 1.54) is 33.4 Å². The average Bonchev–Trinajstić information content (AvgIpc) is 2.60. The van der Waals surface area contributed by atoms with Crippen LogP contribution >= 0.6 is 0 Å². The van der Waals surface area contributed by atoms with E-state index in [9.17, 15) is 4.79 Å². The van der Waals surface area contributed by atoms with Gasteiger partial charge in [-0.15, -0.1) is 0 Å². The van der Waals surface area contributed by atoms with E-state index in [1.807, 2.05) is 0 Å². The number of anilines is 3. The van der Waals surface area contributed by atoms with E-state index in [4.69, 9.17) is 10.5 Å². The van der Waals surface area contributed by atoms with Gasteiger partial charge in [-0.2, -0.15) is 0 Å². The summed E-state index contributed by atoms with van der Waals surface area (Å²) in [6.45, 7) is 13.5. The van der Waals surface area contributed by atoms with Gasteiger partial charge in [0.25, 0.3) is 0 Å². The molecule has 0 fully saturated rings. The third-order valence-electron chi connectivity index (χ3n) is 5.04. The number of benzene rings is 1. The molecule has 0 bridgehead atoms. The van der Waals surface area contributed by atoms with Gasteiger partial charge in [-0.3, -0.25) is 5.32 Å². The van der Waals surface area contributed by atoms with Crippen molar-refractivity contribution in [3.05, 3.63) is 45.5 Å². The second-order valence-electron chi connectivity index (χ2n) is 6.43. The fraction of sp³-hybridized carbons (Fsp3) is 0.400. The molecule has 0 saturated heterocycles. The van der Waals surface area contributed by atoms with E-state index in [-0.39, 0.29) is 5.82 Å². The molecule has 1 amide bonds. The van der Waals surface area contributed by atoms with Gasteiger partial charge in [0.15, 0.2) is 0 Å². The van der Waals surface area contributed by atoms with E-state index in [0.717, 1.165) is 0 Å². The average molecular weight is 356 g/mol. The molecule has 0 radical (unpaired) electrons. The van der Waals surface area contributed by atoms with Gasteiger partial charge in [0, 0.05) is 6.54 Å². The van der Waals surface area contributed by atoms with Gasteiger partial charge in [0.2, 0.25) is 0 Å². The number of hydrogen-bond acceptors (Lipinski definition) is 5. The summed E-state index contributed by atoms with van der Waals surface area (Å²) in [6.07, 6.45) is -0.543. The Kier molecular flexibility index (Phi) is 6.08. The van der Waals surface area contributed by atoms with Crippen LogP contribution in [0.5, 0.6) is 0 Å². The first-order valence-corrected chi connectivity index (χ1v) is 8.76. The summed E-state index contributed by atoms with van der Waals surface area (Å²) < 4.78 is 4.85. The number of nitrogens with zero attached hydrogens (tertiary/aromatic N) is 1. The Balaban J connectivity index is 2.16. The lowest BCUT2D eigenvalue weighted by Gasteiger charge is -2.19. The highest BCUT2D eigenvalue weighted by atomic mass is 16.5. The smallest absolute Gasteiger partial charge is 0.411 e. The minimum absolute atomic E-state index is 0.243. The van der Waals surface area contributed by atoms with Gasteiger partial charge >= 0.3 is 6.09 Å². The number of amides is 1. The van der Waals surface area contributed by atoms with Crippen LogP contribution in [0, 0.1) is 34.6 Å². The zero-order valence-corrected chi connectivity index (χ0v) is 16.4. The summed E-state index contributed by atoms with van der Waals surface area (Å²) in [5, 5.41) is 5.90. The van der Waals surface area contributed by atoms with E-state index < -0.39 is 6.09 Å². The quantitative estimate of drug-likeness (QED) is 0.739. The summed E-state index contributed by atoms with van der Waals surface area (Å²) in [5.74, 6) is 0.902. The van der Waals surface area contributed by atoms with Crippen LogP contribution in [0.1, 0.15) is 40.3 Å². The van der Waals surface area contributed by atoms with Crippen molar-refractivity contribution in [2.75, 3.05) is 23.0 Å². The maximum absolute atomic E-state index is 11.5. The van der Waals surface area contributed by atoms with Crippen LogP contribution in [-0.2, 0) is 11.3 Å². The van der Waals surface area contributed by atoms with Crippen molar-refractivity contribution in [3.63, 3.8) is 0 Å². The van der Waals surface area contributed by atoms with E-state index in [2.05, 4.69) is 50.2 Å². The van der Waals surface area contributed by atoms with Crippen LogP contribution in [0.25, 0.3) is 0 Å². The number of carbonyl (C=O) groups excluding carboxylic acids is 1. The number of nitrogen functional groups attached to an aromatic ring is 1. The zero-order chi connectivity index (χ0) is 19.4. The lowest BCUT2D eigenvalue weighted by atomic mass is 9.89. The van der Waals surface area contributed by atoms with Crippen LogP contribution in [0.15, 0.2) is 12.1 Å². The first-order chi connectivity index (χ1) is 12.3. The predicted octanol–water partition coefficient (Wildman–Crippen LogP) is 4.39. The molecule has 6 heteroatoms. The summed E-state index contributed by atoms with van der Waals surface area (Å²) in [5.41, 5.74) is 14.2. The Morgan fingerprint density at radius 2 is 1.62 bits per heavy atom. The molecule has 6 nitrogen and oxygen atoms in total. The molecular formula is C20H28N4O2. The molecule has 0 unspecified atom stereocenters. The van der Waals surface area contributed by atoms with Gasteiger partial charge in [-0.05, 0) is 87.1 Å². The van der Waals surface area contributed by atoms with Crippen molar-refractivity contribution >= 4 is 23.4 Å². The normalized spacial score (nSPS) is 10.5. The third-order valence-corrected chi connectivity index (χ3v) is 5.04. The topological polar surface area (TPSA) is 89.3 Å². The Morgan fingerprint density at radius 3 is 2.15 bits per heavy atom. The maximum Gasteiger partial charge on any atom is 0.411 e.